The van der Waals surface area contributed by atoms with Gasteiger partial charge in [0.2, 0.25) is 8.32 Å². The lowest BCUT2D eigenvalue weighted by Crippen LogP contribution is -2.45. The van der Waals surface area contributed by atoms with E-state index >= 15 is 0 Å². The van der Waals surface area contributed by atoms with Gasteiger partial charge in [0, 0.05) is 0 Å². The monoisotopic (exact) mass is 242 g/mol. The Balaban J connectivity index is 2.50. The molecule has 2 aromatic rings. The van der Waals surface area contributed by atoms with E-state index in [0.29, 0.717) is 6.61 Å². The van der Waals surface area contributed by atoms with E-state index in [2.05, 4.69) is 62.1 Å². The molecule has 1 nitrogen and oxygen atoms in total. The van der Waals surface area contributed by atoms with Crippen molar-refractivity contribution in [3.63, 3.8) is 0 Å². The largest absolute Gasteiger partial charge is 0.409 e. The van der Waals surface area contributed by atoms with Crippen LogP contribution in [0, 0.1) is 0 Å². The molecule has 0 radical (unpaired) electrons. The van der Waals surface area contributed by atoms with Gasteiger partial charge in [-0.3, -0.25) is 0 Å². The van der Waals surface area contributed by atoms with E-state index in [1.807, 2.05) is 6.08 Å². The molecule has 0 aliphatic heterocycles. The quantitative estimate of drug-likeness (QED) is 0.589. The molecule has 0 unspecified atom stereocenters. The minimum Gasteiger partial charge on any atom is -0.409 e. The predicted molar refractivity (Wildman–Crippen MR) is 77.2 cm³/mol. The van der Waals surface area contributed by atoms with Gasteiger partial charge in [0.15, 0.2) is 0 Å². The van der Waals surface area contributed by atoms with E-state index in [0.717, 1.165) is 0 Å². The Morgan fingerprint density at radius 1 is 1.12 bits per heavy atom. The van der Waals surface area contributed by atoms with Crippen LogP contribution in [0.15, 0.2) is 55.1 Å². The van der Waals surface area contributed by atoms with Crippen molar-refractivity contribution >= 4 is 24.3 Å². The van der Waals surface area contributed by atoms with Gasteiger partial charge < -0.3 is 4.43 Å². The molecule has 2 rings (SSSR count). The van der Waals surface area contributed by atoms with Crippen molar-refractivity contribution in [3.8, 4) is 0 Å². The maximum atomic E-state index is 5.99. The molecule has 0 fully saturated rings. The van der Waals surface area contributed by atoms with Gasteiger partial charge in [-0.05, 0) is 29.1 Å². The molecule has 17 heavy (non-hydrogen) atoms. The van der Waals surface area contributed by atoms with Crippen LogP contribution < -0.4 is 5.19 Å². The first-order valence-electron chi connectivity index (χ1n) is 5.88. The van der Waals surface area contributed by atoms with E-state index in [4.69, 9.17) is 4.43 Å². The van der Waals surface area contributed by atoms with Crippen molar-refractivity contribution in [2.75, 3.05) is 6.61 Å². The van der Waals surface area contributed by atoms with Gasteiger partial charge in [-0.25, -0.2) is 0 Å². The summed E-state index contributed by atoms with van der Waals surface area (Å²) in [6.45, 7) is 8.81. The smallest absolute Gasteiger partial charge is 0.219 e. The summed E-state index contributed by atoms with van der Waals surface area (Å²) in [5, 5.41) is 3.96. The third kappa shape index (κ3) is 2.48. The molecule has 2 heteroatoms. The van der Waals surface area contributed by atoms with Crippen LogP contribution in [-0.2, 0) is 4.43 Å². The molecular weight excluding hydrogens is 224 g/mol. The number of hydrogen-bond donors (Lipinski definition) is 0. The second-order valence-corrected chi connectivity index (χ2v) is 8.48. The third-order valence-corrected chi connectivity index (χ3v) is 5.62. The second kappa shape index (κ2) is 4.86. The zero-order valence-electron chi connectivity index (χ0n) is 10.4. The number of rotatable bonds is 4. The van der Waals surface area contributed by atoms with Crippen molar-refractivity contribution in [3.05, 3.63) is 55.1 Å². The van der Waals surface area contributed by atoms with Crippen molar-refractivity contribution in [2.24, 2.45) is 0 Å². The Morgan fingerprint density at radius 2 is 1.82 bits per heavy atom. The molecule has 0 bridgehead atoms. The van der Waals surface area contributed by atoms with E-state index in [1.165, 1.54) is 16.0 Å². The highest BCUT2D eigenvalue weighted by molar-refractivity contribution is 6.86. The highest BCUT2D eigenvalue weighted by Gasteiger charge is 2.26. The van der Waals surface area contributed by atoms with Crippen LogP contribution in [0.3, 0.4) is 0 Å². The lowest BCUT2D eigenvalue weighted by atomic mass is 10.1. The van der Waals surface area contributed by atoms with E-state index in [1.54, 1.807) is 0 Å². The summed E-state index contributed by atoms with van der Waals surface area (Å²) in [5.74, 6) is 0. The molecule has 88 valence electrons. The van der Waals surface area contributed by atoms with Gasteiger partial charge in [-0.2, -0.15) is 0 Å². The fourth-order valence-corrected chi connectivity index (χ4v) is 4.16. The number of hydrogen-bond acceptors (Lipinski definition) is 1. The lowest BCUT2D eigenvalue weighted by Gasteiger charge is -2.24. The maximum absolute atomic E-state index is 5.99. The second-order valence-electron chi connectivity index (χ2n) is 4.64. The van der Waals surface area contributed by atoms with Gasteiger partial charge in [0.05, 0.1) is 6.61 Å². The fourth-order valence-electron chi connectivity index (χ4n) is 2.10. The third-order valence-electron chi connectivity index (χ3n) is 3.00. The molecule has 0 saturated heterocycles. The van der Waals surface area contributed by atoms with Crippen molar-refractivity contribution in [1.29, 1.82) is 0 Å². The summed E-state index contributed by atoms with van der Waals surface area (Å²) in [5.41, 5.74) is 0. The first-order chi connectivity index (χ1) is 8.15. The first kappa shape index (κ1) is 12.1. The molecule has 0 heterocycles. The normalized spacial score (nSPS) is 11.6. The van der Waals surface area contributed by atoms with Crippen molar-refractivity contribution in [2.45, 2.75) is 13.1 Å². The zero-order chi connectivity index (χ0) is 12.3. The topological polar surface area (TPSA) is 9.23 Å². The summed E-state index contributed by atoms with van der Waals surface area (Å²) in [7, 11) is -1.84. The molecule has 0 aliphatic carbocycles. The van der Waals surface area contributed by atoms with Gasteiger partial charge >= 0.3 is 0 Å². The molecule has 0 amide bonds. The predicted octanol–water partition coefficient (Wildman–Crippen LogP) is 3.45. The molecule has 0 aromatic heterocycles. The minimum atomic E-state index is -1.84. The SMILES string of the molecule is C=CCO[Si](C)(C)c1cccc2ccccc12. The summed E-state index contributed by atoms with van der Waals surface area (Å²) < 4.78 is 5.99. The van der Waals surface area contributed by atoms with Crippen LogP contribution in [0.5, 0.6) is 0 Å². The van der Waals surface area contributed by atoms with Gasteiger partial charge in [0.25, 0.3) is 0 Å². The van der Waals surface area contributed by atoms with Crippen molar-refractivity contribution in [1.82, 2.24) is 0 Å². The highest BCUT2D eigenvalue weighted by Crippen LogP contribution is 2.16. The van der Waals surface area contributed by atoms with Crippen LogP contribution >= 0.6 is 0 Å². The summed E-state index contributed by atoms with van der Waals surface area (Å²) in [6, 6.07) is 14.9. The number of benzene rings is 2. The Labute approximate surface area is 104 Å². The molecule has 0 N–H and O–H groups in total. The minimum absolute atomic E-state index is 0.627. The Hall–Kier alpha value is -1.38. The van der Waals surface area contributed by atoms with E-state index in [9.17, 15) is 0 Å². The Morgan fingerprint density at radius 3 is 2.59 bits per heavy atom. The summed E-state index contributed by atoms with van der Waals surface area (Å²) >= 11 is 0. The van der Waals surface area contributed by atoms with Gasteiger partial charge in [-0.1, -0.05) is 48.5 Å². The molecule has 0 spiro atoms. The van der Waals surface area contributed by atoms with Gasteiger partial charge in [0.1, 0.15) is 0 Å². The average molecular weight is 242 g/mol. The van der Waals surface area contributed by atoms with Crippen LogP contribution in [0.25, 0.3) is 10.8 Å². The molecule has 0 atom stereocenters. The number of fused-ring (bicyclic) bond motifs is 1. The standard InChI is InChI=1S/C15H18OSi/c1-4-12-16-17(2,3)15-11-7-9-13-8-5-6-10-14(13)15/h4-11H,1,12H2,2-3H3. The van der Waals surface area contributed by atoms with Crippen LogP contribution in [0.2, 0.25) is 13.1 Å². The summed E-state index contributed by atoms with van der Waals surface area (Å²) in [4.78, 5) is 0. The molecule has 2 aromatic carbocycles. The van der Waals surface area contributed by atoms with Crippen molar-refractivity contribution < 1.29 is 4.43 Å². The molecule has 0 saturated carbocycles. The molecule has 0 aliphatic rings. The summed E-state index contributed by atoms with van der Waals surface area (Å²) in [6.07, 6.45) is 1.82. The highest BCUT2D eigenvalue weighted by atomic mass is 28.4. The fraction of sp³-hybridized carbons (Fsp3) is 0.200. The molecular formula is C15H18OSi. The van der Waals surface area contributed by atoms with Crippen LogP contribution in [-0.4, -0.2) is 14.9 Å². The van der Waals surface area contributed by atoms with Crippen LogP contribution in [0.4, 0.5) is 0 Å². The first-order valence-corrected chi connectivity index (χ1v) is 8.79. The van der Waals surface area contributed by atoms with E-state index < -0.39 is 8.32 Å². The van der Waals surface area contributed by atoms with E-state index in [-0.39, 0.29) is 0 Å². The maximum Gasteiger partial charge on any atom is 0.219 e. The van der Waals surface area contributed by atoms with Gasteiger partial charge in [-0.15, -0.1) is 6.58 Å². The lowest BCUT2D eigenvalue weighted by molar-refractivity contribution is 0.363. The Kier molecular flexibility index (Phi) is 3.45. The Bertz CT molecular complexity index is 526. The average Bonchev–Trinajstić information content (AvgIpc) is 2.36. The zero-order valence-corrected chi connectivity index (χ0v) is 11.4. The van der Waals surface area contributed by atoms with Crippen LogP contribution in [0.1, 0.15) is 0 Å².